The van der Waals surface area contributed by atoms with Gasteiger partial charge in [-0.3, -0.25) is 4.79 Å². The monoisotopic (exact) mass is 475 g/mol. The van der Waals surface area contributed by atoms with E-state index in [0.29, 0.717) is 0 Å². The second kappa shape index (κ2) is 16.1. The number of nitrogens with one attached hydrogen (secondary N) is 1. The average molecular weight is 476 g/mol. The van der Waals surface area contributed by atoms with E-state index in [1.807, 2.05) is 30.3 Å². The minimum absolute atomic E-state index is 0.0175. The minimum atomic E-state index is 0.0175. The number of carbonyl (C=O) groups is 1. The van der Waals surface area contributed by atoms with Crippen LogP contribution < -0.4 is 5.32 Å². The topological polar surface area (TPSA) is 46.9 Å². The SMILES string of the molecule is CCCCCCCCCCCCn1c(CCCCCNC(=O)c2ccccc2)nc2ccccc21. The van der Waals surface area contributed by atoms with Gasteiger partial charge in [0.25, 0.3) is 5.91 Å². The maximum absolute atomic E-state index is 12.2. The summed E-state index contributed by atoms with van der Waals surface area (Å²) in [6, 6.07) is 18.0. The molecule has 0 radical (unpaired) electrons. The number of rotatable bonds is 18. The standard InChI is InChI=1S/C31H45N3O/c1-2-3-4-5-6-7-8-9-10-19-26-34-29-23-17-16-22-28(29)33-30(34)24-15-12-18-25-32-31(35)27-20-13-11-14-21-27/h11,13-14,16-17,20-23H,2-10,12,15,18-19,24-26H2,1H3,(H,32,35). The Morgan fingerprint density at radius 3 is 2.11 bits per heavy atom. The molecule has 1 aromatic heterocycles. The number of para-hydroxylation sites is 2. The van der Waals surface area contributed by atoms with Gasteiger partial charge in [-0.15, -0.1) is 0 Å². The van der Waals surface area contributed by atoms with Gasteiger partial charge < -0.3 is 9.88 Å². The Kier molecular flexibility index (Phi) is 12.4. The molecule has 0 aliphatic carbocycles. The molecule has 0 aliphatic heterocycles. The Labute approximate surface area is 212 Å². The summed E-state index contributed by atoms with van der Waals surface area (Å²) in [6.45, 7) is 4.08. The summed E-state index contributed by atoms with van der Waals surface area (Å²) in [4.78, 5) is 17.1. The third-order valence-corrected chi connectivity index (χ3v) is 6.87. The summed E-state index contributed by atoms with van der Waals surface area (Å²) in [5.74, 6) is 1.24. The van der Waals surface area contributed by atoms with E-state index in [1.54, 1.807) is 0 Å². The lowest BCUT2D eigenvalue weighted by Crippen LogP contribution is -2.24. The van der Waals surface area contributed by atoms with E-state index in [4.69, 9.17) is 4.98 Å². The van der Waals surface area contributed by atoms with Gasteiger partial charge in [0.2, 0.25) is 0 Å². The summed E-state index contributed by atoms with van der Waals surface area (Å²) < 4.78 is 2.46. The molecule has 190 valence electrons. The van der Waals surface area contributed by atoms with Crippen molar-refractivity contribution in [3.05, 3.63) is 66.0 Å². The number of unbranched alkanes of at least 4 members (excludes halogenated alkanes) is 11. The number of nitrogens with zero attached hydrogens (tertiary/aromatic N) is 2. The van der Waals surface area contributed by atoms with Gasteiger partial charge in [-0.25, -0.2) is 4.98 Å². The number of amides is 1. The van der Waals surface area contributed by atoms with Gasteiger partial charge in [-0.1, -0.05) is 101 Å². The molecular weight excluding hydrogens is 430 g/mol. The number of aromatic nitrogens is 2. The summed E-state index contributed by atoms with van der Waals surface area (Å²) in [5.41, 5.74) is 3.12. The van der Waals surface area contributed by atoms with Crippen molar-refractivity contribution in [3.8, 4) is 0 Å². The van der Waals surface area contributed by atoms with Gasteiger partial charge in [-0.05, 0) is 43.5 Å². The zero-order chi connectivity index (χ0) is 24.6. The highest BCUT2D eigenvalue weighted by Crippen LogP contribution is 2.19. The number of aryl methyl sites for hydroxylation is 2. The van der Waals surface area contributed by atoms with Crippen LogP contribution in [0.1, 0.15) is 107 Å². The van der Waals surface area contributed by atoms with E-state index >= 15 is 0 Å². The first-order chi connectivity index (χ1) is 17.3. The van der Waals surface area contributed by atoms with Crippen molar-refractivity contribution in [2.75, 3.05) is 6.54 Å². The fraction of sp³-hybridized carbons (Fsp3) is 0.548. The molecule has 1 heterocycles. The first kappa shape index (κ1) is 27.0. The summed E-state index contributed by atoms with van der Waals surface area (Å²) in [7, 11) is 0. The quantitative estimate of drug-likeness (QED) is 0.189. The van der Waals surface area contributed by atoms with Crippen molar-refractivity contribution in [1.29, 1.82) is 0 Å². The van der Waals surface area contributed by atoms with Crippen molar-refractivity contribution >= 4 is 16.9 Å². The lowest BCUT2D eigenvalue weighted by molar-refractivity contribution is 0.0953. The molecule has 35 heavy (non-hydrogen) atoms. The highest BCUT2D eigenvalue weighted by Gasteiger charge is 2.10. The number of hydrogen-bond acceptors (Lipinski definition) is 2. The highest BCUT2D eigenvalue weighted by atomic mass is 16.1. The Morgan fingerprint density at radius 1 is 0.743 bits per heavy atom. The van der Waals surface area contributed by atoms with Gasteiger partial charge in [0.15, 0.2) is 0 Å². The normalized spacial score (nSPS) is 11.2. The van der Waals surface area contributed by atoms with Crippen LogP contribution in [-0.2, 0) is 13.0 Å². The molecule has 4 heteroatoms. The molecule has 0 unspecified atom stereocenters. The van der Waals surface area contributed by atoms with Crippen LogP contribution in [0.25, 0.3) is 11.0 Å². The second-order valence-corrected chi connectivity index (χ2v) is 9.78. The maximum atomic E-state index is 12.2. The molecule has 2 aromatic carbocycles. The van der Waals surface area contributed by atoms with Crippen molar-refractivity contribution in [1.82, 2.24) is 14.9 Å². The number of fused-ring (bicyclic) bond motifs is 1. The van der Waals surface area contributed by atoms with E-state index in [0.717, 1.165) is 49.9 Å². The smallest absolute Gasteiger partial charge is 0.251 e. The lowest BCUT2D eigenvalue weighted by Gasteiger charge is -2.10. The molecule has 3 rings (SSSR count). The zero-order valence-electron chi connectivity index (χ0n) is 21.8. The van der Waals surface area contributed by atoms with Crippen molar-refractivity contribution < 1.29 is 4.79 Å². The Morgan fingerprint density at radius 2 is 1.37 bits per heavy atom. The van der Waals surface area contributed by atoms with Crippen LogP contribution in [0.3, 0.4) is 0 Å². The van der Waals surface area contributed by atoms with E-state index < -0.39 is 0 Å². The second-order valence-electron chi connectivity index (χ2n) is 9.78. The summed E-state index contributed by atoms with van der Waals surface area (Å²) >= 11 is 0. The van der Waals surface area contributed by atoms with Gasteiger partial charge in [0, 0.05) is 25.1 Å². The molecule has 0 saturated heterocycles. The molecule has 0 spiro atoms. The largest absolute Gasteiger partial charge is 0.352 e. The van der Waals surface area contributed by atoms with Gasteiger partial charge in [-0.2, -0.15) is 0 Å². The van der Waals surface area contributed by atoms with Gasteiger partial charge in [0.05, 0.1) is 11.0 Å². The minimum Gasteiger partial charge on any atom is -0.352 e. The molecule has 4 nitrogen and oxygen atoms in total. The third-order valence-electron chi connectivity index (χ3n) is 6.87. The van der Waals surface area contributed by atoms with Crippen LogP contribution in [0.5, 0.6) is 0 Å². The third kappa shape index (κ3) is 9.51. The van der Waals surface area contributed by atoms with Crippen molar-refractivity contribution in [2.45, 2.75) is 103 Å². The summed E-state index contributed by atoms with van der Waals surface area (Å²) in [6.07, 6.45) is 17.8. The number of hydrogen-bond donors (Lipinski definition) is 1. The molecule has 3 aromatic rings. The van der Waals surface area contributed by atoms with E-state index in [9.17, 15) is 4.79 Å². The molecule has 1 N–H and O–H groups in total. The van der Waals surface area contributed by atoms with Crippen LogP contribution in [0.15, 0.2) is 54.6 Å². The first-order valence-electron chi connectivity index (χ1n) is 14.1. The predicted molar refractivity (Wildman–Crippen MR) is 148 cm³/mol. The van der Waals surface area contributed by atoms with Crippen molar-refractivity contribution in [2.24, 2.45) is 0 Å². The molecular formula is C31H45N3O. The fourth-order valence-corrected chi connectivity index (χ4v) is 4.80. The maximum Gasteiger partial charge on any atom is 0.251 e. The van der Waals surface area contributed by atoms with Crippen LogP contribution in [0, 0.1) is 0 Å². The lowest BCUT2D eigenvalue weighted by atomic mass is 10.1. The number of benzene rings is 2. The average Bonchev–Trinajstić information content (AvgIpc) is 3.24. The summed E-state index contributed by atoms with van der Waals surface area (Å²) in [5, 5.41) is 3.03. The Hall–Kier alpha value is -2.62. The van der Waals surface area contributed by atoms with Crippen LogP contribution >= 0.6 is 0 Å². The van der Waals surface area contributed by atoms with Crippen molar-refractivity contribution in [3.63, 3.8) is 0 Å². The molecule has 0 saturated carbocycles. The van der Waals surface area contributed by atoms with Gasteiger partial charge in [0.1, 0.15) is 5.82 Å². The van der Waals surface area contributed by atoms with Crippen LogP contribution in [-0.4, -0.2) is 22.0 Å². The van der Waals surface area contributed by atoms with E-state index in [1.165, 1.54) is 75.5 Å². The fourth-order valence-electron chi connectivity index (χ4n) is 4.80. The molecule has 1 amide bonds. The van der Waals surface area contributed by atoms with E-state index in [-0.39, 0.29) is 5.91 Å². The van der Waals surface area contributed by atoms with Crippen LogP contribution in [0.2, 0.25) is 0 Å². The number of imidazole rings is 1. The predicted octanol–water partition coefficient (Wildman–Crippen LogP) is 8.10. The van der Waals surface area contributed by atoms with Gasteiger partial charge >= 0.3 is 0 Å². The molecule has 0 aliphatic rings. The highest BCUT2D eigenvalue weighted by molar-refractivity contribution is 5.94. The van der Waals surface area contributed by atoms with E-state index in [2.05, 4.69) is 41.1 Å². The molecule has 0 atom stereocenters. The molecule has 0 fully saturated rings. The Balaban J connectivity index is 1.35. The first-order valence-corrected chi connectivity index (χ1v) is 14.1. The molecule has 0 bridgehead atoms. The van der Waals surface area contributed by atoms with Crippen LogP contribution in [0.4, 0.5) is 0 Å². The Bertz CT molecular complexity index is 979. The number of carbonyl (C=O) groups excluding carboxylic acids is 1. The zero-order valence-corrected chi connectivity index (χ0v) is 21.8.